The molecule has 0 amide bonds. The number of hydrogen-bond acceptors (Lipinski definition) is 10. The summed E-state index contributed by atoms with van der Waals surface area (Å²) in [5, 5.41) is 36.8. The molecule has 0 aliphatic carbocycles. The zero-order valence-electron chi connectivity index (χ0n) is 13.8. The Morgan fingerprint density at radius 3 is 1.69 bits per heavy atom. The van der Waals surface area contributed by atoms with E-state index < -0.39 is 11.9 Å². The standard InChI is InChI=1S/C7H5N5O2.C5H3ClN2O2.C2H4N2.CH4/c13-7(14)5-6(9-2-1-8-5)12-10-3-4-11-12;6-4-3(5(9)10)7-1-2-8-4;3-1-2-4;/h1-4H,(H,13,14);1-2H,(H,9,10);1-4H;1H4. The second-order valence-corrected chi connectivity index (χ2v) is 4.54. The molecule has 0 saturated heterocycles. The van der Waals surface area contributed by atoms with Gasteiger partial charge in [0.25, 0.3) is 0 Å². The molecule has 0 aromatic carbocycles. The Bertz CT molecular complexity index is 944. The maximum absolute atomic E-state index is 10.7. The van der Waals surface area contributed by atoms with Gasteiger partial charge in [0.05, 0.1) is 12.4 Å². The molecule has 3 aromatic heterocycles. The summed E-state index contributed by atoms with van der Waals surface area (Å²) in [6, 6.07) is 0. The van der Waals surface area contributed by atoms with Gasteiger partial charge in [0.1, 0.15) is 0 Å². The van der Waals surface area contributed by atoms with E-state index in [-0.39, 0.29) is 29.8 Å². The molecule has 0 radical (unpaired) electrons. The molecule has 152 valence electrons. The number of nitrogens with zero attached hydrogens (tertiary/aromatic N) is 7. The van der Waals surface area contributed by atoms with Crippen LogP contribution in [0.1, 0.15) is 28.4 Å². The minimum absolute atomic E-state index is 0. The van der Waals surface area contributed by atoms with Crippen LogP contribution in [0.3, 0.4) is 0 Å². The van der Waals surface area contributed by atoms with E-state index in [2.05, 4.69) is 30.1 Å². The number of carboxylic acid groups (broad SMARTS) is 2. The van der Waals surface area contributed by atoms with Crippen LogP contribution in [-0.2, 0) is 0 Å². The molecule has 0 bridgehead atoms. The molecule has 0 fully saturated rings. The quantitative estimate of drug-likeness (QED) is 0.446. The highest BCUT2D eigenvalue weighted by molar-refractivity contribution is 6.31. The predicted molar refractivity (Wildman–Crippen MR) is 102 cm³/mol. The van der Waals surface area contributed by atoms with Crippen LogP contribution in [0, 0.1) is 10.8 Å². The van der Waals surface area contributed by atoms with Crippen LogP contribution in [0.25, 0.3) is 5.82 Å². The van der Waals surface area contributed by atoms with Crippen LogP contribution in [0.5, 0.6) is 0 Å². The number of nitrogens with one attached hydrogen (secondary N) is 2. The van der Waals surface area contributed by atoms with E-state index in [0.717, 1.165) is 17.2 Å². The lowest BCUT2D eigenvalue weighted by Crippen LogP contribution is -2.11. The summed E-state index contributed by atoms with van der Waals surface area (Å²) in [5.41, 5.74) is -0.395. The molecular formula is C15H16ClN9O4. The maximum Gasteiger partial charge on any atom is 0.358 e. The smallest absolute Gasteiger partial charge is 0.358 e. The van der Waals surface area contributed by atoms with Gasteiger partial charge in [-0.05, 0) is 0 Å². The molecule has 3 heterocycles. The Hall–Kier alpha value is -4.13. The minimum atomic E-state index is -1.17. The van der Waals surface area contributed by atoms with E-state index in [0.29, 0.717) is 0 Å². The van der Waals surface area contributed by atoms with Crippen LogP contribution in [0.4, 0.5) is 0 Å². The highest BCUT2D eigenvalue weighted by Crippen LogP contribution is 2.07. The molecule has 0 atom stereocenters. The zero-order chi connectivity index (χ0) is 20.9. The molecule has 0 aliphatic rings. The SMILES string of the molecule is C.N=CC=N.O=C(O)c1nccnc1-n1nccn1.O=C(O)c1nccnc1Cl. The Balaban J connectivity index is 0.000000461. The molecule has 3 rings (SSSR count). The van der Waals surface area contributed by atoms with Gasteiger partial charge >= 0.3 is 11.9 Å². The van der Waals surface area contributed by atoms with E-state index in [1.54, 1.807) is 0 Å². The first kappa shape index (κ1) is 24.9. The fourth-order valence-corrected chi connectivity index (χ4v) is 1.60. The first-order valence-corrected chi connectivity index (χ1v) is 7.40. The Kier molecular flexibility index (Phi) is 11.2. The monoisotopic (exact) mass is 421 g/mol. The second kappa shape index (κ2) is 13.1. The number of rotatable bonds is 4. The summed E-state index contributed by atoms with van der Waals surface area (Å²) < 4.78 is 0. The summed E-state index contributed by atoms with van der Waals surface area (Å²) in [5.74, 6) is -2.23. The molecule has 14 heteroatoms. The molecule has 0 aliphatic heterocycles. The molecule has 13 nitrogen and oxygen atoms in total. The number of aromatic nitrogens is 7. The minimum Gasteiger partial charge on any atom is -0.476 e. The van der Waals surface area contributed by atoms with Gasteiger partial charge in [-0.25, -0.2) is 29.5 Å². The van der Waals surface area contributed by atoms with Crippen LogP contribution in [0.2, 0.25) is 5.15 Å². The molecule has 3 aromatic rings. The lowest BCUT2D eigenvalue weighted by Gasteiger charge is -2.00. The van der Waals surface area contributed by atoms with Gasteiger partial charge in [0.2, 0.25) is 5.82 Å². The molecular weight excluding hydrogens is 406 g/mol. The van der Waals surface area contributed by atoms with Gasteiger partial charge in [-0.2, -0.15) is 10.2 Å². The molecule has 29 heavy (non-hydrogen) atoms. The average Bonchev–Trinajstić information content (AvgIpc) is 3.23. The third-order valence-corrected chi connectivity index (χ3v) is 2.71. The van der Waals surface area contributed by atoms with Crippen molar-refractivity contribution in [3.63, 3.8) is 0 Å². The normalized spacial score (nSPS) is 8.72. The van der Waals surface area contributed by atoms with Gasteiger partial charge in [0.15, 0.2) is 16.5 Å². The van der Waals surface area contributed by atoms with E-state index in [1.807, 2.05) is 0 Å². The van der Waals surface area contributed by atoms with Gasteiger partial charge in [-0.15, -0.1) is 4.80 Å². The summed E-state index contributed by atoms with van der Waals surface area (Å²) in [6.07, 6.45) is 9.98. The van der Waals surface area contributed by atoms with E-state index in [1.165, 1.54) is 37.2 Å². The van der Waals surface area contributed by atoms with Crippen LogP contribution in [0.15, 0.2) is 37.2 Å². The second-order valence-electron chi connectivity index (χ2n) is 4.19. The molecule has 0 spiro atoms. The third-order valence-electron chi connectivity index (χ3n) is 2.43. The lowest BCUT2D eigenvalue weighted by atomic mass is 10.4. The van der Waals surface area contributed by atoms with Gasteiger partial charge in [0, 0.05) is 37.2 Å². The summed E-state index contributed by atoms with van der Waals surface area (Å²) in [6.45, 7) is 0. The van der Waals surface area contributed by atoms with Crippen molar-refractivity contribution in [1.29, 1.82) is 10.8 Å². The van der Waals surface area contributed by atoms with Crippen molar-refractivity contribution in [2.45, 2.75) is 7.43 Å². The van der Waals surface area contributed by atoms with Crippen LogP contribution < -0.4 is 0 Å². The number of carboxylic acids is 2. The summed E-state index contributed by atoms with van der Waals surface area (Å²) >= 11 is 5.36. The zero-order valence-corrected chi connectivity index (χ0v) is 14.6. The van der Waals surface area contributed by atoms with Crippen LogP contribution in [-0.4, -0.2) is 69.5 Å². The first-order chi connectivity index (χ1) is 13.4. The van der Waals surface area contributed by atoms with E-state index in [4.69, 9.17) is 32.6 Å². The van der Waals surface area contributed by atoms with E-state index >= 15 is 0 Å². The number of halogens is 1. The van der Waals surface area contributed by atoms with Crippen molar-refractivity contribution in [3.8, 4) is 5.82 Å². The lowest BCUT2D eigenvalue weighted by molar-refractivity contribution is 0.0679. The van der Waals surface area contributed by atoms with Gasteiger partial charge in [-0.3, -0.25) is 0 Å². The third kappa shape index (κ3) is 7.96. The fourth-order valence-electron chi connectivity index (χ4n) is 1.42. The van der Waals surface area contributed by atoms with Crippen molar-refractivity contribution >= 4 is 36.0 Å². The number of hydrogen-bond donors (Lipinski definition) is 4. The molecule has 0 unspecified atom stereocenters. The van der Waals surface area contributed by atoms with Crippen LogP contribution >= 0.6 is 11.6 Å². The average molecular weight is 422 g/mol. The maximum atomic E-state index is 10.7. The van der Waals surface area contributed by atoms with Crippen molar-refractivity contribution in [1.82, 2.24) is 34.9 Å². The summed E-state index contributed by atoms with van der Waals surface area (Å²) in [7, 11) is 0. The van der Waals surface area contributed by atoms with Crippen molar-refractivity contribution < 1.29 is 19.8 Å². The highest BCUT2D eigenvalue weighted by Gasteiger charge is 2.14. The first-order valence-electron chi connectivity index (χ1n) is 7.02. The summed E-state index contributed by atoms with van der Waals surface area (Å²) in [4.78, 5) is 36.6. The Morgan fingerprint density at radius 2 is 1.28 bits per heavy atom. The Morgan fingerprint density at radius 1 is 0.828 bits per heavy atom. The van der Waals surface area contributed by atoms with Crippen molar-refractivity contribution in [3.05, 3.63) is 53.7 Å². The highest BCUT2D eigenvalue weighted by atomic mass is 35.5. The van der Waals surface area contributed by atoms with Gasteiger partial charge in [-0.1, -0.05) is 19.0 Å². The molecule has 0 saturated carbocycles. The largest absolute Gasteiger partial charge is 0.476 e. The number of aromatic carboxylic acids is 2. The number of carbonyl (C=O) groups is 2. The van der Waals surface area contributed by atoms with Crippen molar-refractivity contribution in [2.24, 2.45) is 0 Å². The molecule has 4 N–H and O–H groups in total. The topological polar surface area (TPSA) is 205 Å². The fraction of sp³-hybridized carbons (Fsp3) is 0.0667. The van der Waals surface area contributed by atoms with E-state index in [9.17, 15) is 9.59 Å². The Labute approximate surface area is 169 Å². The predicted octanol–water partition coefficient (Wildman–Crippen LogP) is 1.51. The van der Waals surface area contributed by atoms with Crippen molar-refractivity contribution in [2.75, 3.05) is 0 Å². The van der Waals surface area contributed by atoms with Gasteiger partial charge < -0.3 is 21.0 Å².